The van der Waals surface area contributed by atoms with Crippen molar-refractivity contribution in [1.82, 2.24) is 9.88 Å². The summed E-state index contributed by atoms with van der Waals surface area (Å²) in [6.07, 6.45) is 0. The largest absolute Gasteiger partial charge is 0.497 e. The van der Waals surface area contributed by atoms with Crippen molar-refractivity contribution in [2.75, 3.05) is 27.3 Å². The van der Waals surface area contributed by atoms with Crippen molar-refractivity contribution >= 4 is 16.8 Å². The lowest BCUT2D eigenvalue weighted by molar-refractivity contribution is 0.0775. The molecule has 5 nitrogen and oxygen atoms in total. The second-order valence-corrected chi connectivity index (χ2v) is 6.26. The molecule has 0 saturated heterocycles. The number of hydrogen-bond donors (Lipinski definition) is 0. The molecule has 0 fully saturated rings. The average Bonchev–Trinajstić information content (AvgIpc) is 2.73. The van der Waals surface area contributed by atoms with E-state index >= 15 is 0 Å². The van der Waals surface area contributed by atoms with Crippen LogP contribution in [0.1, 0.15) is 24.2 Å². The van der Waals surface area contributed by atoms with E-state index in [-0.39, 0.29) is 5.91 Å². The number of carbonyl (C=O) groups is 1. The third kappa shape index (κ3) is 3.63. The van der Waals surface area contributed by atoms with Crippen LogP contribution in [-0.2, 0) is 0 Å². The molecule has 3 rings (SSSR count). The van der Waals surface area contributed by atoms with Crippen molar-refractivity contribution < 1.29 is 18.7 Å². The molecule has 1 amide bonds. The Kier molecular flexibility index (Phi) is 5.78. The molecule has 0 aliphatic rings. The number of nitrogens with zero attached hydrogens (tertiary/aromatic N) is 2. The fourth-order valence-electron chi connectivity index (χ4n) is 3.20. The standard InChI is InChI=1S/C22H23FN2O3/c1-5-25(6-2)22(26)18-13-20(24-19-10-7-14(23)11-17(18)19)16-9-8-15(27-3)12-21(16)28-4/h7-13H,5-6H2,1-4H3. The Labute approximate surface area is 163 Å². The number of carbonyl (C=O) groups excluding carboxylic acids is 1. The van der Waals surface area contributed by atoms with Crippen LogP contribution < -0.4 is 9.47 Å². The SMILES string of the molecule is CCN(CC)C(=O)c1cc(-c2ccc(OC)cc2OC)nc2ccc(F)cc12. The minimum atomic E-state index is -0.405. The van der Waals surface area contributed by atoms with E-state index in [9.17, 15) is 9.18 Å². The summed E-state index contributed by atoms with van der Waals surface area (Å²) in [5.74, 6) is 0.673. The van der Waals surface area contributed by atoms with Crippen LogP contribution in [0.25, 0.3) is 22.2 Å². The van der Waals surface area contributed by atoms with Crippen LogP contribution in [0.5, 0.6) is 11.5 Å². The lowest BCUT2D eigenvalue weighted by Gasteiger charge is -2.20. The summed E-state index contributed by atoms with van der Waals surface area (Å²) in [5, 5.41) is 0.494. The monoisotopic (exact) mass is 382 g/mol. The highest BCUT2D eigenvalue weighted by molar-refractivity contribution is 6.07. The maximum Gasteiger partial charge on any atom is 0.254 e. The highest BCUT2D eigenvalue weighted by Crippen LogP contribution is 2.34. The van der Waals surface area contributed by atoms with E-state index in [1.807, 2.05) is 19.9 Å². The second kappa shape index (κ2) is 8.25. The Morgan fingerprint density at radius 3 is 2.43 bits per heavy atom. The molecule has 6 heteroatoms. The van der Waals surface area contributed by atoms with Crippen LogP contribution in [0.15, 0.2) is 42.5 Å². The van der Waals surface area contributed by atoms with E-state index in [4.69, 9.17) is 9.47 Å². The van der Waals surface area contributed by atoms with Gasteiger partial charge in [0.25, 0.3) is 5.91 Å². The van der Waals surface area contributed by atoms with Gasteiger partial charge in [-0.3, -0.25) is 4.79 Å². The fraction of sp³-hybridized carbons (Fsp3) is 0.273. The number of aromatic nitrogens is 1. The van der Waals surface area contributed by atoms with E-state index < -0.39 is 5.82 Å². The summed E-state index contributed by atoms with van der Waals surface area (Å²) in [5.41, 5.74) is 2.27. The van der Waals surface area contributed by atoms with Gasteiger partial charge in [0.2, 0.25) is 0 Å². The van der Waals surface area contributed by atoms with E-state index in [2.05, 4.69) is 4.98 Å². The molecule has 0 radical (unpaired) electrons. The molecule has 28 heavy (non-hydrogen) atoms. The second-order valence-electron chi connectivity index (χ2n) is 6.26. The highest BCUT2D eigenvalue weighted by atomic mass is 19.1. The first kappa shape index (κ1) is 19.6. The molecule has 0 N–H and O–H groups in total. The zero-order valence-corrected chi connectivity index (χ0v) is 16.5. The van der Waals surface area contributed by atoms with Crippen LogP contribution in [0.3, 0.4) is 0 Å². The summed E-state index contributed by atoms with van der Waals surface area (Å²) in [4.78, 5) is 19.4. The number of halogens is 1. The van der Waals surface area contributed by atoms with Gasteiger partial charge in [-0.25, -0.2) is 9.37 Å². The molecular weight excluding hydrogens is 359 g/mol. The minimum absolute atomic E-state index is 0.156. The minimum Gasteiger partial charge on any atom is -0.497 e. The molecule has 1 heterocycles. The van der Waals surface area contributed by atoms with Gasteiger partial charge < -0.3 is 14.4 Å². The summed E-state index contributed by atoms with van der Waals surface area (Å²) in [7, 11) is 3.15. The van der Waals surface area contributed by atoms with Gasteiger partial charge >= 0.3 is 0 Å². The van der Waals surface area contributed by atoms with Crippen LogP contribution in [0.2, 0.25) is 0 Å². The van der Waals surface area contributed by atoms with Gasteiger partial charge in [-0.1, -0.05) is 0 Å². The number of fused-ring (bicyclic) bond motifs is 1. The van der Waals surface area contributed by atoms with Crippen LogP contribution in [0.4, 0.5) is 4.39 Å². The van der Waals surface area contributed by atoms with Crippen molar-refractivity contribution in [3.63, 3.8) is 0 Å². The Morgan fingerprint density at radius 2 is 1.79 bits per heavy atom. The van der Waals surface area contributed by atoms with Crippen molar-refractivity contribution in [2.24, 2.45) is 0 Å². The van der Waals surface area contributed by atoms with Crippen LogP contribution in [-0.4, -0.2) is 43.1 Å². The lowest BCUT2D eigenvalue weighted by Crippen LogP contribution is -2.30. The van der Waals surface area contributed by atoms with Gasteiger partial charge in [0.1, 0.15) is 17.3 Å². The molecule has 0 bridgehead atoms. The molecule has 0 atom stereocenters. The van der Waals surface area contributed by atoms with Gasteiger partial charge in [0.15, 0.2) is 0 Å². The quantitative estimate of drug-likeness (QED) is 0.628. The molecule has 0 aliphatic heterocycles. The fourth-order valence-corrected chi connectivity index (χ4v) is 3.20. The maximum atomic E-state index is 13.9. The molecule has 146 valence electrons. The Bertz CT molecular complexity index is 1020. The zero-order chi connectivity index (χ0) is 20.3. The predicted octanol–water partition coefficient (Wildman–Crippen LogP) is 4.54. The Hall–Kier alpha value is -3.15. The maximum absolute atomic E-state index is 13.9. The number of amides is 1. The smallest absolute Gasteiger partial charge is 0.254 e. The van der Waals surface area contributed by atoms with Gasteiger partial charge in [-0.15, -0.1) is 0 Å². The first-order valence-electron chi connectivity index (χ1n) is 9.14. The molecule has 1 aromatic heterocycles. The van der Waals surface area contributed by atoms with Gasteiger partial charge in [-0.05, 0) is 50.2 Å². The van der Waals surface area contributed by atoms with Crippen LogP contribution in [0, 0.1) is 5.82 Å². The van der Waals surface area contributed by atoms with E-state index in [0.29, 0.717) is 46.7 Å². The molecule has 0 aliphatic carbocycles. The first-order valence-corrected chi connectivity index (χ1v) is 9.14. The van der Waals surface area contributed by atoms with Crippen LogP contribution >= 0.6 is 0 Å². The van der Waals surface area contributed by atoms with E-state index in [0.717, 1.165) is 5.56 Å². The van der Waals surface area contributed by atoms with Crippen molar-refractivity contribution in [3.8, 4) is 22.8 Å². The summed E-state index contributed by atoms with van der Waals surface area (Å²) >= 11 is 0. The van der Waals surface area contributed by atoms with E-state index in [1.54, 1.807) is 43.4 Å². The normalized spacial score (nSPS) is 10.8. The van der Waals surface area contributed by atoms with Crippen molar-refractivity contribution in [1.29, 1.82) is 0 Å². The molecule has 0 unspecified atom stereocenters. The summed E-state index contributed by atoms with van der Waals surface area (Å²) < 4.78 is 24.6. The topological polar surface area (TPSA) is 51.7 Å². The molecular formula is C22H23FN2O3. The molecule has 0 spiro atoms. The van der Waals surface area contributed by atoms with Gasteiger partial charge in [0.05, 0.1) is 31.0 Å². The summed E-state index contributed by atoms with van der Waals surface area (Å²) in [6.45, 7) is 4.96. The summed E-state index contributed by atoms with van der Waals surface area (Å²) in [6, 6.07) is 11.4. The number of ether oxygens (including phenoxy) is 2. The number of benzene rings is 2. The van der Waals surface area contributed by atoms with Crippen molar-refractivity contribution in [3.05, 3.63) is 53.8 Å². The zero-order valence-electron chi connectivity index (χ0n) is 16.5. The average molecular weight is 382 g/mol. The number of hydrogen-bond acceptors (Lipinski definition) is 4. The lowest BCUT2D eigenvalue weighted by atomic mass is 10.0. The Morgan fingerprint density at radius 1 is 1.04 bits per heavy atom. The Balaban J connectivity index is 2.26. The molecule has 3 aromatic rings. The number of rotatable bonds is 6. The third-order valence-electron chi connectivity index (χ3n) is 4.74. The third-order valence-corrected chi connectivity index (χ3v) is 4.74. The molecule has 0 saturated carbocycles. The van der Waals surface area contributed by atoms with Gasteiger partial charge in [0, 0.05) is 30.1 Å². The number of methoxy groups -OCH3 is 2. The highest BCUT2D eigenvalue weighted by Gasteiger charge is 2.20. The van der Waals surface area contributed by atoms with E-state index in [1.165, 1.54) is 12.1 Å². The number of pyridine rings is 1. The predicted molar refractivity (Wildman–Crippen MR) is 107 cm³/mol. The first-order chi connectivity index (χ1) is 13.5. The van der Waals surface area contributed by atoms with Crippen molar-refractivity contribution in [2.45, 2.75) is 13.8 Å². The molecule has 2 aromatic carbocycles. The van der Waals surface area contributed by atoms with Gasteiger partial charge in [-0.2, -0.15) is 0 Å².